The molecule has 2 heteroatoms. The van der Waals surface area contributed by atoms with E-state index in [0.717, 1.165) is 11.4 Å². The van der Waals surface area contributed by atoms with Crippen molar-refractivity contribution in [3.8, 4) is 33.6 Å². The lowest BCUT2D eigenvalue weighted by Crippen LogP contribution is -1.92. The number of fused-ring (bicyclic) bond motifs is 5. The van der Waals surface area contributed by atoms with Crippen molar-refractivity contribution in [1.29, 1.82) is 0 Å². The van der Waals surface area contributed by atoms with E-state index in [1.54, 1.807) is 6.20 Å². The van der Waals surface area contributed by atoms with Gasteiger partial charge in [0, 0.05) is 18.0 Å². The van der Waals surface area contributed by atoms with Gasteiger partial charge in [0.25, 0.3) is 0 Å². The van der Waals surface area contributed by atoms with Crippen LogP contribution >= 0.6 is 0 Å². The van der Waals surface area contributed by atoms with Gasteiger partial charge in [0.2, 0.25) is 0 Å². The second kappa shape index (κ2) is 8.68. The molecule has 2 nitrogen and oxygen atoms in total. The number of hydrogen-bond donors (Lipinski definition) is 1. The van der Waals surface area contributed by atoms with Crippen molar-refractivity contribution in [2.75, 3.05) is 0 Å². The molecule has 1 N–H and O–H groups in total. The van der Waals surface area contributed by atoms with Crippen LogP contribution in [0.5, 0.6) is 0 Å². The van der Waals surface area contributed by atoms with E-state index in [2.05, 4.69) is 137 Å². The van der Waals surface area contributed by atoms with Crippen molar-refractivity contribution in [1.82, 2.24) is 9.97 Å². The van der Waals surface area contributed by atoms with Crippen molar-refractivity contribution in [3.63, 3.8) is 0 Å². The van der Waals surface area contributed by atoms with Crippen LogP contribution in [0, 0.1) is 0 Å². The molecule has 0 spiro atoms. The largest absolute Gasteiger partial charge is 0.345 e. The predicted molar refractivity (Wildman–Crippen MR) is 165 cm³/mol. The summed E-state index contributed by atoms with van der Waals surface area (Å²) in [6.07, 6.45) is 3.65. The average molecular weight is 497 g/mol. The Labute approximate surface area is 226 Å². The van der Waals surface area contributed by atoms with Crippen LogP contribution in [-0.4, -0.2) is 9.97 Å². The zero-order chi connectivity index (χ0) is 25.8. The van der Waals surface area contributed by atoms with Crippen LogP contribution < -0.4 is 0 Å². The molecule has 182 valence electrons. The Hall–Kier alpha value is -5.21. The highest BCUT2D eigenvalue weighted by atomic mass is 14.9. The summed E-state index contributed by atoms with van der Waals surface area (Å²) >= 11 is 0. The fourth-order valence-electron chi connectivity index (χ4n) is 6.21. The van der Waals surface area contributed by atoms with Gasteiger partial charge in [-0.3, -0.25) is 0 Å². The first-order valence-electron chi connectivity index (χ1n) is 13.3. The molecule has 0 saturated carbocycles. The third-order valence-corrected chi connectivity index (χ3v) is 7.91. The van der Waals surface area contributed by atoms with Crippen LogP contribution in [0.3, 0.4) is 0 Å². The Morgan fingerprint density at radius 3 is 1.56 bits per heavy atom. The van der Waals surface area contributed by atoms with Crippen LogP contribution in [0.4, 0.5) is 0 Å². The topological polar surface area (TPSA) is 28.7 Å². The van der Waals surface area contributed by atoms with Gasteiger partial charge in [0.05, 0.1) is 0 Å². The molecule has 39 heavy (non-hydrogen) atoms. The lowest BCUT2D eigenvalue weighted by Gasteiger charge is -2.19. The van der Waals surface area contributed by atoms with Crippen molar-refractivity contribution in [3.05, 3.63) is 140 Å². The summed E-state index contributed by atoms with van der Waals surface area (Å²) in [4.78, 5) is 7.64. The highest BCUT2D eigenvalue weighted by Gasteiger charge is 2.18. The van der Waals surface area contributed by atoms with Gasteiger partial charge in [-0.2, -0.15) is 0 Å². The summed E-state index contributed by atoms with van der Waals surface area (Å²) in [5.41, 5.74) is 6.11. The van der Waals surface area contributed by atoms with Crippen molar-refractivity contribution >= 4 is 43.1 Å². The van der Waals surface area contributed by atoms with Gasteiger partial charge in [-0.05, 0) is 71.4 Å². The maximum Gasteiger partial charge on any atom is 0.137 e. The summed E-state index contributed by atoms with van der Waals surface area (Å²) in [6.45, 7) is 0. The second-order valence-corrected chi connectivity index (χ2v) is 10.0. The van der Waals surface area contributed by atoms with E-state index in [0.29, 0.717) is 0 Å². The molecule has 0 aliphatic rings. The van der Waals surface area contributed by atoms with E-state index < -0.39 is 0 Å². The van der Waals surface area contributed by atoms with Crippen molar-refractivity contribution in [2.45, 2.75) is 0 Å². The summed E-state index contributed by atoms with van der Waals surface area (Å²) < 4.78 is 0. The molecule has 0 amide bonds. The van der Waals surface area contributed by atoms with Gasteiger partial charge in [-0.1, -0.05) is 121 Å². The lowest BCUT2D eigenvalue weighted by molar-refractivity contribution is 1.31. The average Bonchev–Trinajstić information content (AvgIpc) is 3.55. The first kappa shape index (κ1) is 21.8. The molecule has 1 heterocycles. The quantitative estimate of drug-likeness (QED) is 0.191. The SMILES string of the molecule is c1ccc2c(c1)cc(-c1c3ccccc3c(-c3ccc(-c4ncc[nH]4)cc3)c3ccccc13)c1ccccc12. The molecule has 8 rings (SSSR count). The van der Waals surface area contributed by atoms with E-state index in [4.69, 9.17) is 0 Å². The molecular formula is C37H24N2. The molecule has 0 aliphatic heterocycles. The Morgan fingerprint density at radius 1 is 0.436 bits per heavy atom. The molecule has 7 aromatic carbocycles. The van der Waals surface area contributed by atoms with Gasteiger partial charge in [0.1, 0.15) is 5.82 Å². The van der Waals surface area contributed by atoms with Crippen LogP contribution in [0.2, 0.25) is 0 Å². The van der Waals surface area contributed by atoms with Crippen LogP contribution in [0.15, 0.2) is 140 Å². The van der Waals surface area contributed by atoms with Gasteiger partial charge < -0.3 is 4.98 Å². The smallest absolute Gasteiger partial charge is 0.137 e. The van der Waals surface area contributed by atoms with Gasteiger partial charge >= 0.3 is 0 Å². The van der Waals surface area contributed by atoms with E-state index in [9.17, 15) is 0 Å². The second-order valence-electron chi connectivity index (χ2n) is 10.0. The monoisotopic (exact) mass is 496 g/mol. The number of benzene rings is 7. The summed E-state index contributed by atoms with van der Waals surface area (Å²) in [6, 6.07) is 46.4. The Bertz CT molecular complexity index is 2100. The number of rotatable bonds is 3. The lowest BCUT2D eigenvalue weighted by atomic mass is 9.84. The highest BCUT2D eigenvalue weighted by molar-refractivity contribution is 6.25. The molecule has 0 fully saturated rings. The van der Waals surface area contributed by atoms with Crippen LogP contribution in [0.1, 0.15) is 0 Å². The first-order valence-corrected chi connectivity index (χ1v) is 13.3. The molecule has 0 bridgehead atoms. The Kier molecular flexibility index (Phi) is 4.86. The fourth-order valence-corrected chi connectivity index (χ4v) is 6.21. The Balaban J connectivity index is 1.48. The zero-order valence-electron chi connectivity index (χ0n) is 21.2. The number of nitrogens with one attached hydrogen (secondary N) is 1. The molecule has 0 atom stereocenters. The summed E-state index contributed by atoms with van der Waals surface area (Å²) in [7, 11) is 0. The third kappa shape index (κ3) is 3.39. The molecule has 0 saturated heterocycles. The van der Waals surface area contributed by atoms with E-state index in [-0.39, 0.29) is 0 Å². The molecule has 1 aromatic heterocycles. The zero-order valence-corrected chi connectivity index (χ0v) is 21.2. The Morgan fingerprint density at radius 2 is 0.949 bits per heavy atom. The van der Waals surface area contributed by atoms with Gasteiger partial charge in [-0.15, -0.1) is 0 Å². The summed E-state index contributed by atoms with van der Waals surface area (Å²) in [5, 5.41) is 10.2. The molecule has 0 unspecified atom stereocenters. The molecule has 0 aliphatic carbocycles. The maximum absolute atomic E-state index is 4.42. The van der Waals surface area contributed by atoms with Crippen LogP contribution in [0.25, 0.3) is 76.7 Å². The normalized spacial score (nSPS) is 11.6. The van der Waals surface area contributed by atoms with Gasteiger partial charge in [-0.25, -0.2) is 4.98 Å². The van der Waals surface area contributed by atoms with Crippen molar-refractivity contribution < 1.29 is 0 Å². The van der Waals surface area contributed by atoms with E-state index >= 15 is 0 Å². The number of imidazole rings is 1. The fraction of sp³-hybridized carbons (Fsp3) is 0. The molecule has 0 radical (unpaired) electrons. The van der Waals surface area contributed by atoms with Crippen LogP contribution in [-0.2, 0) is 0 Å². The number of aromatic amines is 1. The number of aromatic nitrogens is 2. The molecule has 8 aromatic rings. The standard InChI is InChI=1S/C37H24N2/c1-2-10-27-26(9-1)23-34(29-12-4-3-11-28(27)29)36-32-15-7-5-13-30(32)35(31-14-6-8-16-33(31)36)24-17-19-25(20-18-24)37-38-21-22-39-37/h1-23H,(H,38,39). The maximum atomic E-state index is 4.42. The molecular weight excluding hydrogens is 472 g/mol. The minimum Gasteiger partial charge on any atom is -0.345 e. The van der Waals surface area contributed by atoms with E-state index in [1.165, 1.54) is 65.3 Å². The summed E-state index contributed by atoms with van der Waals surface area (Å²) in [5.74, 6) is 0.884. The highest BCUT2D eigenvalue weighted by Crippen LogP contribution is 2.46. The third-order valence-electron chi connectivity index (χ3n) is 7.91. The van der Waals surface area contributed by atoms with Gasteiger partial charge in [0.15, 0.2) is 0 Å². The number of nitrogens with zero attached hydrogens (tertiary/aromatic N) is 1. The number of H-pyrrole nitrogens is 1. The van der Waals surface area contributed by atoms with Crippen molar-refractivity contribution in [2.24, 2.45) is 0 Å². The minimum absolute atomic E-state index is 0.884. The van der Waals surface area contributed by atoms with E-state index in [1.807, 2.05) is 6.20 Å². The minimum atomic E-state index is 0.884. The predicted octanol–water partition coefficient (Wildman–Crippen LogP) is 10.0. The number of hydrogen-bond acceptors (Lipinski definition) is 1. The first-order chi connectivity index (χ1) is 19.4.